The third-order valence-corrected chi connectivity index (χ3v) is 7.27. The molecule has 0 saturated heterocycles. The van der Waals surface area contributed by atoms with Crippen molar-refractivity contribution in [3.05, 3.63) is 40.7 Å². The first-order valence-corrected chi connectivity index (χ1v) is 10.9. The lowest BCUT2D eigenvalue weighted by atomic mass is 10.1. The molecule has 1 saturated carbocycles. The largest absolute Gasteiger partial charge is 0.497 e. The van der Waals surface area contributed by atoms with Gasteiger partial charge in [-0.1, -0.05) is 11.6 Å². The van der Waals surface area contributed by atoms with E-state index in [0.29, 0.717) is 46.0 Å². The second kappa shape index (κ2) is 8.23. The van der Waals surface area contributed by atoms with Crippen LogP contribution in [0.5, 0.6) is 5.75 Å². The fourth-order valence-electron chi connectivity index (χ4n) is 3.27. The van der Waals surface area contributed by atoms with Crippen molar-refractivity contribution in [1.82, 2.24) is 14.3 Å². The minimum absolute atomic E-state index is 0.0413. The van der Waals surface area contributed by atoms with Crippen LogP contribution in [0.3, 0.4) is 0 Å². The lowest BCUT2D eigenvalue weighted by Gasteiger charge is -2.26. The quantitative estimate of drug-likeness (QED) is 0.606. The van der Waals surface area contributed by atoms with Gasteiger partial charge in [0.05, 0.1) is 12.0 Å². The molecule has 152 valence electrons. The summed E-state index contributed by atoms with van der Waals surface area (Å²) in [4.78, 5) is 10.5. The molecule has 0 aliphatic heterocycles. The number of hydrogen-bond acceptors (Lipinski definition) is 6. The molecule has 0 bridgehead atoms. The maximum atomic E-state index is 13.5. The van der Waals surface area contributed by atoms with Crippen molar-refractivity contribution in [2.24, 2.45) is 0 Å². The van der Waals surface area contributed by atoms with Crippen LogP contribution in [0.4, 0.5) is 5.95 Å². The standard InChI is InChI=1S/C19H25ClN4O3S/c1-13-11-16(27-4)12-14(2)18(13)28(25,26)24(15-5-6-15)10-9-23(3)19-21-8-7-17(20)22-19/h7-8,11-12,15H,5-6,9-10H2,1-4H3. The Labute approximate surface area is 171 Å². The Balaban J connectivity index is 1.84. The SMILES string of the molecule is COc1cc(C)c(S(=O)(=O)N(CCN(C)c2nccc(Cl)n2)C2CC2)c(C)c1. The first-order chi connectivity index (χ1) is 13.2. The first kappa shape index (κ1) is 20.8. The number of methoxy groups -OCH3 is 1. The zero-order valence-corrected chi connectivity index (χ0v) is 18.1. The number of hydrogen-bond donors (Lipinski definition) is 0. The van der Waals surface area contributed by atoms with Gasteiger partial charge in [-0.2, -0.15) is 4.31 Å². The number of rotatable bonds is 8. The van der Waals surface area contributed by atoms with Gasteiger partial charge >= 0.3 is 0 Å². The van der Waals surface area contributed by atoms with Crippen LogP contribution in [0, 0.1) is 13.8 Å². The summed E-state index contributed by atoms with van der Waals surface area (Å²) in [6.07, 6.45) is 3.34. The van der Waals surface area contributed by atoms with Crippen LogP contribution >= 0.6 is 11.6 Å². The number of sulfonamides is 1. The Morgan fingerprint density at radius 2 is 1.86 bits per heavy atom. The number of anilines is 1. The molecule has 0 unspecified atom stereocenters. The Bertz CT molecular complexity index is 940. The molecule has 3 rings (SSSR count). The van der Waals surface area contributed by atoms with Crippen LogP contribution < -0.4 is 9.64 Å². The van der Waals surface area contributed by atoms with E-state index >= 15 is 0 Å². The van der Waals surface area contributed by atoms with E-state index in [1.54, 1.807) is 49.7 Å². The monoisotopic (exact) mass is 424 g/mol. The van der Waals surface area contributed by atoms with Crippen LogP contribution in [0.2, 0.25) is 5.15 Å². The van der Waals surface area contributed by atoms with Crippen LogP contribution in [0.25, 0.3) is 0 Å². The van der Waals surface area contributed by atoms with E-state index in [2.05, 4.69) is 9.97 Å². The highest BCUT2D eigenvalue weighted by Crippen LogP contribution is 2.35. The van der Waals surface area contributed by atoms with E-state index in [1.807, 2.05) is 11.9 Å². The van der Waals surface area contributed by atoms with Crippen molar-refractivity contribution in [2.75, 3.05) is 32.1 Å². The smallest absolute Gasteiger partial charge is 0.243 e. The first-order valence-electron chi connectivity index (χ1n) is 9.11. The van der Waals surface area contributed by atoms with Gasteiger partial charge in [0.25, 0.3) is 0 Å². The van der Waals surface area contributed by atoms with Crippen LogP contribution in [-0.4, -0.2) is 56.0 Å². The van der Waals surface area contributed by atoms with Gasteiger partial charge in [-0.15, -0.1) is 0 Å². The molecule has 0 spiro atoms. The zero-order valence-electron chi connectivity index (χ0n) is 16.5. The lowest BCUT2D eigenvalue weighted by molar-refractivity contribution is 0.405. The molecule has 9 heteroatoms. The van der Waals surface area contributed by atoms with Crippen LogP contribution in [0.1, 0.15) is 24.0 Å². The molecule has 1 aromatic heterocycles. The molecule has 1 aliphatic rings. The van der Waals surface area contributed by atoms with Gasteiger partial charge in [-0.3, -0.25) is 0 Å². The van der Waals surface area contributed by atoms with Gasteiger partial charge < -0.3 is 9.64 Å². The fraction of sp³-hybridized carbons (Fsp3) is 0.474. The summed E-state index contributed by atoms with van der Waals surface area (Å²) in [7, 11) is -0.223. The van der Waals surface area contributed by atoms with Gasteiger partial charge in [0, 0.05) is 32.4 Å². The maximum absolute atomic E-state index is 13.5. The number of aryl methyl sites for hydroxylation is 2. The molecule has 2 aromatic rings. The summed E-state index contributed by atoms with van der Waals surface area (Å²) in [6, 6.07) is 5.17. The molecule has 1 aromatic carbocycles. The van der Waals surface area contributed by atoms with Crippen molar-refractivity contribution >= 4 is 27.6 Å². The Kier molecular flexibility index (Phi) is 6.12. The summed E-state index contributed by atoms with van der Waals surface area (Å²) in [5.41, 5.74) is 1.38. The van der Waals surface area contributed by atoms with E-state index in [1.165, 1.54) is 0 Å². The molecule has 1 fully saturated rings. The third-order valence-electron chi connectivity index (χ3n) is 4.80. The highest BCUT2D eigenvalue weighted by Gasteiger charge is 2.39. The maximum Gasteiger partial charge on any atom is 0.243 e. The average Bonchev–Trinajstić information content (AvgIpc) is 3.45. The van der Waals surface area contributed by atoms with Gasteiger partial charge in [0.15, 0.2) is 0 Å². The predicted molar refractivity (Wildman–Crippen MR) is 110 cm³/mol. The summed E-state index contributed by atoms with van der Waals surface area (Å²) in [6.45, 7) is 4.42. The van der Waals surface area contributed by atoms with Crippen molar-refractivity contribution in [2.45, 2.75) is 37.6 Å². The molecule has 7 nitrogen and oxygen atoms in total. The van der Waals surface area contributed by atoms with Crippen molar-refractivity contribution in [3.63, 3.8) is 0 Å². The zero-order chi connectivity index (χ0) is 20.5. The van der Waals surface area contributed by atoms with Crippen molar-refractivity contribution in [3.8, 4) is 5.75 Å². The highest BCUT2D eigenvalue weighted by atomic mass is 35.5. The normalized spacial score (nSPS) is 14.4. The number of ether oxygens (including phenoxy) is 1. The molecule has 0 N–H and O–H groups in total. The van der Waals surface area contributed by atoms with Crippen LogP contribution in [-0.2, 0) is 10.0 Å². The van der Waals surface area contributed by atoms with Gasteiger partial charge in [-0.25, -0.2) is 18.4 Å². The lowest BCUT2D eigenvalue weighted by Crippen LogP contribution is -2.40. The van der Waals surface area contributed by atoms with Gasteiger partial charge in [0.1, 0.15) is 10.9 Å². The van der Waals surface area contributed by atoms with E-state index in [9.17, 15) is 8.42 Å². The second-order valence-electron chi connectivity index (χ2n) is 7.04. The van der Waals surface area contributed by atoms with Gasteiger partial charge in [-0.05, 0) is 56.0 Å². The summed E-state index contributed by atoms with van der Waals surface area (Å²) in [5, 5.41) is 0.355. The fourth-order valence-corrected chi connectivity index (χ4v) is 5.50. The molecule has 1 heterocycles. The molecular formula is C19H25ClN4O3S. The Morgan fingerprint density at radius 3 is 2.39 bits per heavy atom. The predicted octanol–water partition coefficient (Wildman–Crippen LogP) is 3.04. The minimum atomic E-state index is -3.63. The molecular weight excluding hydrogens is 400 g/mol. The summed E-state index contributed by atoms with van der Waals surface area (Å²) in [5.74, 6) is 1.13. The molecule has 0 atom stereocenters. The Hall–Kier alpha value is -1.90. The number of likely N-dealkylation sites (N-methyl/N-ethyl adjacent to an activating group) is 1. The number of nitrogens with zero attached hydrogens (tertiary/aromatic N) is 4. The second-order valence-corrected chi connectivity index (χ2v) is 9.25. The summed E-state index contributed by atoms with van der Waals surface area (Å²) < 4.78 is 33.8. The number of halogens is 1. The van der Waals surface area contributed by atoms with Crippen molar-refractivity contribution < 1.29 is 13.2 Å². The van der Waals surface area contributed by atoms with E-state index in [-0.39, 0.29) is 6.04 Å². The molecule has 28 heavy (non-hydrogen) atoms. The van der Waals surface area contributed by atoms with Crippen molar-refractivity contribution in [1.29, 1.82) is 0 Å². The third kappa shape index (κ3) is 4.39. The molecule has 0 amide bonds. The molecule has 0 radical (unpaired) electrons. The Morgan fingerprint density at radius 1 is 1.21 bits per heavy atom. The number of benzene rings is 1. The van der Waals surface area contributed by atoms with Crippen LogP contribution in [0.15, 0.2) is 29.3 Å². The summed E-state index contributed by atoms with van der Waals surface area (Å²) >= 11 is 5.93. The number of aromatic nitrogens is 2. The highest BCUT2D eigenvalue weighted by molar-refractivity contribution is 7.89. The van der Waals surface area contributed by atoms with E-state index < -0.39 is 10.0 Å². The van der Waals surface area contributed by atoms with E-state index in [4.69, 9.17) is 16.3 Å². The minimum Gasteiger partial charge on any atom is -0.497 e. The average molecular weight is 425 g/mol. The van der Waals surface area contributed by atoms with Gasteiger partial charge in [0.2, 0.25) is 16.0 Å². The molecule has 1 aliphatic carbocycles. The van der Waals surface area contributed by atoms with E-state index in [0.717, 1.165) is 12.8 Å². The topological polar surface area (TPSA) is 75.6 Å².